The molecule has 0 saturated heterocycles. The highest BCUT2D eigenvalue weighted by molar-refractivity contribution is 9.10. The molecule has 0 N–H and O–H groups in total. The number of alkyl halides is 5. The maximum absolute atomic E-state index is 12.3. The predicted octanol–water partition coefficient (Wildman–Crippen LogP) is 3.71. The fourth-order valence-corrected chi connectivity index (χ4v) is 1.63. The highest BCUT2D eigenvalue weighted by atomic mass is 79.9. The van der Waals surface area contributed by atoms with Gasteiger partial charge in [0.2, 0.25) is 5.69 Å². The van der Waals surface area contributed by atoms with Gasteiger partial charge in [-0.3, -0.25) is 10.1 Å². The van der Waals surface area contributed by atoms with Gasteiger partial charge in [-0.05, 0) is 15.9 Å². The first-order chi connectivity index (χ1) is 7.66. The lowest BCUT2D eigenvalue weighted by molar-refractivity contribution is -0.389. The van der Waals surface area contributed by atoms with Crippen molar-refractivity contribution in [2.24, 2.45) is 0 Å². The Balaban J connectivity index is 3.57. The van der Waals surface area contributed by atoms with Crippen molar-refractivity contribution in [3.8, 4) is 0 Å². The van der Waals surface area contributed by atoms with Gasteiger partial charge in [-0.1, -0.05) is 0 Å². The molecule has 0 aliphatic carbocycles. The van der Waals surface area contributed by atoms with E-state index in [1.165, 1.54) is 0 Å². The van der Waals surface area contributed by atoms with Gasteiger partial charge in [0.1, 0.15) is 4.47 Å². The fraction of sp³-hybridized carbons (Fsp3) is 0.286. The Kier molecular flexibility index (Phi) is 3.65. The van der Waals surface area contributed by atoms with E-state index >= 15 is 0 Å². The molecule has 0 spiro atoms. The zero-order chi connectivity index (χ0) is 13.4. The molecule has 0 atom stereocenters. The first-order valence-electron chi connectivity index (χ1n) is 3.84. The minimum Gasteiger partial charge on any atom is -0.258 e. The third kappa shape index (κ3) is 2.68. The van der Waals surface area contributed by atoms with Gasteiger partial charge >= 0.3 is 11.9 Å². The molecule has 0 fully saturated rings. The number of hydrogen-bond donors (Lipinski definition) is 0. The topological polar surface area (TPSA) is 56.0 Å². The highest BCUT2D eigenvalue weighted by Gasteiger charge is 2.43. The molecule has 0 saturated carbocycles. The molecule has 0 amide bonds. The third-order valence-electron chi connectivity index (χ3n) is 1.70. The van der Waals surface area contributed by atoms with Gasteiger partial charge < -0.3 is 0 Å². The zero-order valence-electron chi connectivity index (χ0n) is 7.63. The van der Waals surface area contributed by atoms with Crippen molar-refractivity contribution in [1.29, 1.82) is 0 Å². The van der Waals surface area contributed by atoms with E-state index < -0.39 is 38.9 Å². The summed E-state index contributed by atoms with van der Waals surface area (Å²) in [6, 6.07) is 0. The van der Waals surface area contributed by atoms with E-state index in [2.05, 4.69) is 20.9 Å². The van der Waals surface area contributed by atoms with E-state index in [9.17, 15) is 32.1 Å². The number of hydrogen-bond acceptors (Lipinski definition) is 3. The van der Waals surface area contributed by atoms with E-state index in [1.807, 2.05) is 0 Å². The molecule has 1 rings (SSSR count). The van der Waals surface area contributed by atoms with Crippen molar-refractivity contribution in [2.45, 2.75) is 12.6 Å². The van der Waals surface area contributed by atoms with E-state index in [-0.39, 0.29) is 6.20 Å². The summed E-state index contributed by atoms with van der Waals surface area (Å²) in [5.74, 6) is 0. The van der Waals surface area contributed by atoms with Crippen LogP contribution in [0.4, 0.5) is 27.6 Å². The molecular weight excluding hydrogens is 319 g/mol. The van der Waals surface area contributed by atoms with Crippen LogP contribution in [0.25, 0.3) is 0 Å². The Hall–Kier alpha value is -1.32. The lowest BCUT2D eigenvalue weighted by Crippen LogP contribution is -2.13. The molecule has 10 heteroatoms. The van der Waals surface area contributed by atoms with Crippen LogP contribution in [0.15, 0.2) is 10.7 Å². The number of aromatic nitrogens is 1. The van der Waals surface area contributed by atoms with Crippen LogP contribution in [0.2, 0.25) is 0 Å². The number of nitro groups is 1. The van der Waals surface area contributed by atoms with Crippen LogP contribution in [0.3, 0.4) is 0 Å². The Bertz CT molecular complexity index is 462. The van der Waals surface area contributed by atoms with E-state index in [0.29, 0.717) is 0 Å². The maximum atomic E-state index is 12.3. The minimum atomic E-state index is -5.09. The van der Waals surface area contributed by atoms with Gasteiger partial charge in [0, 0.05) is 6.20 Å². The van der Waals surface area contributed by atoms with Crippen molar-refractivity contribution in [1.82, 2.24) is 4.98 Å². The predicted molar refractivity (Wildman–Crippen MR) is 48.6 cm³/mol. The van der Waals surface area contributed by atoms with Crippen molar-refractivity contribution >= 4 is 21.6 Å². The van der Waals surface area contributed by atoms with Crippen molar-refractivity contribution in [2.75, 3.05) is 0 Å². The van der Waals surface area contributed by atoms with Crippen LogP contribution in [0.1, 0.15) is 17.7 Å². The SMILES string of the molecule is O=[N+]([O-])c1c(C(F)(F)F)ncc(C(F)F)c1Br. The summed E-state index contributed by atoms with van der Waals surface area (Å²) in [6.45, 7) is 0. The molecule has 0 radical (unpaired) electrons. The normalized spacial score (nSPS) is 11.9. The highest BCUT2D eigenvalue weighted by Crippen LogP contribution is 2.41. The summed E-state index contributed by atoms with van der Waals surface area (Å²) in [7, 11) is 0. The van der Waals surface area contributed by atoms with E-state index in [0.717, 1.165) is 0 Å². The first kappa shape index (κ1) is 13.7. The lowest BCUT2D eigenvalue weighted by Gasteiger charge is -2.09. The largest absolute Gasteiger partial charge is 0.440 e. The molecular formula is C7H2BrF5N2O2. The third-order valence-corrected chi connectivity index (χ3v) is 2.54. The molecule has 0 aliphatic rings. The van der Waals surface area contributed by atoms with Crippen LogP contribution in [0, 0.1) is 10.1 Å². The van der Waals surface area contributed by atoms with E-state index in [1.54, 1.807) is 0 Å². The molecule has 17 heavy (non-hydrogen) atoms. The monoisotopic (exact) mass is 320 g/mol. The Morgan fingerprint density at radius 3 is 2.29 bits per heavy atom. The first-order valence-corrected chi connectivity index (χ1v) is 4.63. The summed E-state index contributed by atoms with van der Waals surface area (Å²) in [4.78, 5) is 11.7. The molecule has 0 aliphatic heterocycles. The van der Waals surface area contributed by atoms with Gasteiger partial charge in [0.15, 0.2) is 0 Å². The molecule has 1 heterocycles. The Morgan fingerprint density at radius 2 is 1.94 bits per heavy atom. The number of nitrogens with zero attached hydrogens (tertiary/aromatic N) is 2. The summed E-state index contributed by atoms with van der Waals surface area (Å²) in [5, 5.41) is 10.5. The van der Waals surface area contributed by atoms with E-state index in [4.69, 9.17) is 0 Å². The average Bonchev–Trinajstić information content (AvgIpc) is 2.14. The van der Waals surface area contributed by atoms with Crippen LogP contribution < -0.4 is 0 Å². The van der Waals surface area contributed by atoms with Crippen LogP contribution in [0.5, 0.6) is 0 Å². The quantitative estimate of drug-likeness (QED) is 0.474. The van der Waals surface area contributed by atoms with Crippen molar-refractivity contribution in [3.63, 3.8) is 0 Å². The van der Waals surface area contributed by atoms with Crippen LogP contribution >= 0.6 is 15.9 Å². The number of halogens is 6. The van der Waals surface area contributed by atoms with Crippen molar-refractivity contribution in [3.05, 3.63) is 32.0 Å². The summed E-state index contributed by atoms with van der Waals surface area (Å²) >= 11 is 2.36. The summed E-state index contributed by atoms with van der Waals surface area (Å²) < 4.78 is 60.8. The Morgan fingerprint density at radius 1 is 1.41 bits per heavy atom. The van der Waals surface area contributed by atoms with Gasteiger partial charge in [0.25, 0.3) is 6.43 Å². The molecule has 4 nitrogen and oxygen atoms in total. The maximum Gasteiger partial charge on any atom is 0.440 e. The van der Waals surface area contributed by atoms with Crippen LogP contribution in [-0.2, 0) is 6.18 Å². The molecule has 0 bridgehead atoms. The average molecular weight is 321 g/mol. The minimum absolute atomic E-state index is 0.255. The van der Waals surface area contributed by atoms with Gasteiger partial charge in [0.05, 0.1) is 10.5 Å². The summed E-state index contributed by atoms with van der Waals surface area (Å²) in [5.41, 5.74) is -4.31. The smallest absolute Gasteiger partial charge is 0.258 e. The molecule has 1 aromatic heterocycles. The second-order valence-corrected chi connectivity index (χ2v) is 3.57. The number of rotatable bonds is 2. The summed E-state index contributed by atoms with van der Waals surface area (Å²) in [6.07, 6.45) is -8.01. The zero-order valence-corrected chi connectivity index (χ0v) is 9.22. The Labute approximate surface area is 98.7 Å². The molecule has 1 aromatic rings. The second kappa shape index (κ2) is 4.51. The van der Waals surface area contributed by atoms with Gasteiger partial charge in [-0.25, -0.2) is 13.8 Å². The van der Waals surface area contributed by atoms with Crippen LogP contribution in [-0.4, -0.2) is 9.91 Å². The molecule has 94 valence electrons. The lowest BCUT2D eigenvalue weighted by atomic mass is 10.2. The second-order valence-electron chi connectivity index (χ2n) is 2.78. The molecule has 0 aromatic carbocycles. The fourth-order valence-electron chi connectivity index (χ4n) is 1.02. The van der Waals surface area contributed by atoms with Gasteiger partial charge in [-0.2, -0.15) is 13.2 Å². The van der Waals surface area contributed by atoms with Crippen molar-refractivity contribution < 1.29 is 26.9 Å². The number of pyridine rings is 1. The molecule has 0 unspecified atom stereocenters. The van der Waals surface area contributed by atoms with Gasteiger partial charge in [-0.15, -0.1) is 0 Å². The standard InChI is InChI=1S/C7H2BrF5N2O2/c8-3-2(6(9)10)1-14-5(7(11,12)13)4(3)15(16)17/h1,6H.